The first-order chi connectivity index (χ1) is 11.7. The Balaban J connectivity index is 0.00000225. The average molecular weight is 363 g/mol. The molecule has 3 rings (SSSR count). The molecular formula is C19H23ClN2O3. The Morgan fingerprint density at radius 1 is 1.12 bits per heavy atom. The van der Waals surface area contributed by atoms with Crippen molar-refractivity contribution in [2.24, 2.45) is 0 Å². The summed E-state index contributed by atoms with van der Waals surface area (Å²) in [7, 11) is 1.57. The number of rotatable bonds is 6. The van der Waals surface area contributed by atoms with Crippen molar-refractivity contribution in [3.63, 3.8) is 0 Å². The van der Waals surface area contributed by atoms with Crippen molar-refractivity contribution < 1.29 is 14.3 Å². The van der Waals surface area contributed by atoms with Gasteiger partial charge in [-0.1, -0.05) is 18.2 Å². The summed E-state index contributed by atoms with van der Waals surface area (Å²) < 4.78 is 10.8. The number of fused-ring (bicyclic) bond motifs is 1. The highest BCUT2D eigenvalue weighted by molar-refractivity contribution is 5.94. The number of amides is 1. The maximum absolute atomic E-state index is 12.4. The van der Waals surface area contributed by atoms with E-state index in [1.54, 1.807) is 25.3 Å². The summed E-state index contributed by atoms with van der Waals surface area (Å²) in [5, 5.41) is 6.27. The molecule has 0 saturated carbocycles. The monoisotopic (exact) mass is 362 g/mol. The molecule has 0 aromatic heterocycles. The molecule has 0 bridgehead atoms. The number of ether oxygens (including phenoxy) is 2. The number of halogens is 1. The first kappa shape index (κ1) is 19.1. The predicted octanol–water partition coefficient (Wildman–Crippen LogP) is 3.05. The van der Waals surface area contributed by atoms with Gasteiger partial charge in [-0.3, -0.25) is 4.79 Å². The van der Waals surface area contributed by atoms with E-state index in [2.05, 4.69) is 28.8 Å². The molecule has 0 fully saturated rings. The topological polar surface area (TPSA) is 59.6 Å². The smallest absolute Gasteiger partial charge is 0.251 e. The molecule has 0 atom stereocenters. The lowest BCUT2D eigenvalue weighted by Gasteiger charge is -2.11. The van der Waals surface area contributed by atoms with E-state index < -0.39 is 0 Å². The van der Waals surface area contributed by atoms with Crippen molar-refractivity contribution in [2.75, 3.05) is 13.7 Å². The molecule has 0 radical (unpaired) electrons. The van der Waals surface area contributed by atoms with Gasteiger partial charge in [0.05, 0.1) is 13.7 Å². The van der Waals surface area contributed by atoms with Crippen molar-refractivity contribution in [2.45, 2.75) is 26.6 Å². The summed E-state index contributed by atoms with van der Waals surface area (Å²) in [4.78, 5) is 12.4. The Labute approximate surface area is 154 Å². The van der Waals surface area contributed by atoms with Crippen molar-refractivity contribution in [1.82, 2.24) is 10.6 Å². The molecule has 2 aromatic carbocycles. The van der Waals surface area contributed by atoms with Crippen LogP contribution in [-0.2, 0) is 19.6 Å². The fourth-order valence-corrected chi connectivity index (χ4v) is 2.83. The molecule has 1 aliphatic rings. The third kappa shape index (κ3) is 4.44. The molecule has 25 heavy (non-hydrogen) atoms. The SMILES string of the molecule is CCOc1ccc(C(=O)NCc2ccc3c(c2)CNC3)cc1OC.Cl. The molecule has 0 aliphatic carbocycles. The van der Waals surface area contributed by atoms with Crippen LogP contribution in [0.25, 0.3) is 0 Å². The maximum atomic E-state index is 12.4. The zero-order valence-electron chi connectivity index (χ0n) is 14.4. The van der Waals surface area contributed by atoms with E-state index in [9.17, 15) is 4.79 Å². The van der Waals surface area contributed by atoms with Gasteiger partial charge in [-0.25, -0.2) is 0 Å². The first-order valence-electron chi connectivity index (χ1n) is 8.11. The van der Waals surface area contributed by atoms with Gasteiger partial charge in [-0.05, 0) is 41.8 Å². The lowest BCUT2D eigenvalue weighted by molar-refractivity contribution is 0.0950. The van der Waals surface area contributed by atoms with Gasteiger partial charge in [0.1, 0.15) is 0 Å². The van der Waals surface area contributed by atoms with Crippen molar-refractivity contribution >= 4 is 18.3 Å². The zero-order valence-corrected chi connectivity index (χ0v) is 15.2. The standard InChI is InChI=1S/C19H22N2O3.ClH/c1-3-24-17-7-6-14(9-18(17)23-2)19(22)21-10-13-4-5-15-11-20-12-16(15)8-13;/h4-9,20H,3,10-12H2,1-2H3,(H,21,22);1H. The molecule has 0 saturated heterocycles. The van der Waals surface area contributed by atoms with E-state index in [0.717, 1.165) is 18.7 Å². The van der Waals surface area contributed by atoms with Crippen LogP contribution < -0.4 is 20.1 Å². The van der Waals surface area contributed by atoms with Gasteiger partial charge in [0, 0.05) is 25.2 Å². The third-order valence-electron chi connectivity index (χ3n) is 4.08. The Kier molecular flexibility index (Phi) is 6.67. The Morgan fingerprint density at radius 2 is 1.92 bits per heavy atom. The number of benzene rings is 2. The largest absolute Gasteiger partial charge is 0.493 e. The number of carbonyl (C=O) groups excluding carboxylic acids is 1. The van der Waals surface area contributed by atoms with Crippen molar-refractivity contribution in [3.8, 4) is 11.5 Å². The molecule has 1 amide bonds. The van der Waals surface area contributed by atoms with Crippen LogP contribution in [0.2, 0.25) is 0 Å². The molecule has 6 heteroatoms. The van der Waals surface area contributed by atoms with Crippen LogP contribution in [0.5, 0.6) is 11.5 Å². The normalized spacial score (nSPS) is 12.1. The lowest BCUT2D eigenvalue weighted by atomic mass is 10.1. The fourth-order valence-electron chi connectivity index (χ4n) is 2.83. The predicted molar refractivity (Wildman–Crippen MR) is 99.6 cm³/mol. The van der Waals surface area contributed by atoms with E-state index in [-0.39, 0.29) is 18.3 Å². The van der Waals surface area contributed by atoms with Gasteiger partial charge < -0.3 is 20.1 Å². The second-order valence-corrected chi connectivity index (χ2v) is 5.69. The Morgan fingerprint density at radius 3 is 2.68 bits per heavy atom. The highest BCUT2D eigenvalue weighted by Gasteiger charge is 2.13. The highest BCUT2D eigenvalue weighted by atomic mass is 35.5. The van der Waals surface area contributed by atoms with E-state index in [0.29, 0.717) is 30.2 Å². The van der Waals surface area contributed by atoms with Crippen molar-refractivity contribution in [3.05, 3.63) is 58.7 Å². The molecule has 5 nitrogen and oxygen atoms in total. The van der Waals surface area contributed by atoms with Gasteiger partial charge in [0.2, 0.25) is 0 Å². The van der Waals surface area contributed by atoms with Crippen molar-refractivity contribution in [1.29, 1.82) is 0 Å². The second kappa shape index (κ2) is 8.74. The molecule has 0 unspecified atom stereocenters. The quantitative estimate of drug-likeness (QED) is 0.829. The Hall–Kier alpha value is -2.24. The minimum Gasteiger partial charge on any atom is -0.493 e. The summed E-state index contributed by atoms with van der Waals surface area (Å²) in [5.41, 5.74) is 4.30. The van der Waals surface area contributed by atoms with Crippen LogP contribution in [0.1, 0.15) is 34.0 Å². The molecule has 1 heterocycles. The van der Waals surface area contributed by atoms with E-state index >= 15 is 0 Å². The van der Waals surface area contributed by atoms with Crippen LogP contribution >= 0.6 is 12.4 Å². The Bertz CT molecular complexity index is 749. The molecule has 0 spiro atoms. The summed E-state index contributed by atoms with van der Waals surface area (Å²) in [5.74, 6) is 1.07. The third-order valence-corrected chi connectivity index (χ3v) is 4.08. The molecule has 134 valence electrons. The van der Waals surface area contributed by atoms with Gasteiger partial charge >= 0.3 is 0 Å². The number of hydrogen-bond donors (Lipinski definition) is 2. The molecule has 2 aromatic rings. The average Bonchev–Trinajstić information content (AvgIpc) is 3.08. The zero-order chi connectivity index (χ0) is 16.9. The van der Waals surface area contributed by atoms with Crippen LogP contribution in [0, 0.1) is 0 Å². The maximum Gasteiger partial charge on any atom is 0.251 e. The second-order valence-electron chi connectivity index (χ2n) is 5.69. The number of hydrogen-bond acceptors (Lipinski definition) is 4. The van der Waals surface area contributed by atoms with E-state index in [1.165, 1.54) is 11.1 Å². The summed E-state index contributed by atoms with van der Waals surface area (Å²) >= 11 is 0. The lowest BCUT2D eigenvalue weighted by Crippen LogP contribution is -2.22. The van der Waals surface area contributed by atoms with Crippen LogP contribution in [0.3, 0.4) is 0 Å². The fraction of sp³-hybridized carbons (Fsp3) is 0.316. The van der Waals surface area contributed by atoms with Crippen LogP contribution in [-0.4, -0.2) is 19.6 Å². The molecular weight excluding hydrogens is 340 g/mol. The van der Waals surface area contributed by atoms with Gasteiger partial charge in [0.25, 0.3) is 5.91 Å². The van der Waals surface area contributed by atoms with E-state index in [4.69, 9.17) is 9.47 Å². The molecule has 1 aliphatic heterocycles. The van der Waals surface area contributed by atoms with E-state index in [1.807, 2.05) is 6.92 Å². The van der Waals surface area contributed by atoms with Gasteiger partial charge in [-0.2, -0.15) is 0 Å². The highest BCUT2D eigenvalue weighted by Crippen LogP contribution is 2.28. The first-order valence-corrected chi connectivity index (χ1v) is 8.11. The van der Waals surface area contributed by atoms with Crippen LogP contribution in [0.15, 0.2) is 36.4 Å². The van der Waals surface area contributed by atoms with Gasteiger partial charge in [-0.15, -0.1) is 12.4 Å². The summed E-state index contributed by atoms with van der Waals surface area (Å²) in [6.07, 6.45) is 0. The number of carbonyl (C=O) groups is 1. The summed E-state index contributed by atoms with van der Waals surface area (Å²) in [6, 6.07) is 11.5. The minimum atomic E-state index is -0.130. The summed E-state index contributed by atoms with van der Waals surface area (Å²) in [6.45, 7) is 4.78. The van der Waals surface area contributed by atoms with Crippen LogP contribution in [0.4, 0.5) is 0 Å². The van der Waals surface area contributed by atoms with Gasteiger partial charge in [0.15, 0.2) is 11.5 Å². The number of methoxy groups -OCH3 is 1. The number of nitrogens with one attached hydrogen (secondary N) is 2. The molecule has 2 N–H and O–H groups in total. The minimum absolute atomic E-state index is 0.